The molecule has 0 heterocycles. The minimum Gasteiger partial charge on any atom is -0.299 e. The molecule has 0 aromatic rings. The molecule has 0 radical (unpaired) electrons. The molecule has 0 N–H and O–H groups in total. The molecule has 9 atom stereocenters. The van der Waals surface area contributed by atoms with Crippen molar-refractivity contribution in [2.75, 3.05) is 0 Å². The van der Waals surface area contributed by atoms with Crippen LogP contribution in [0.25, 0.3) is 0 Å². The van der Waals surface area contributed by atoms with E-state index in [1.807, 2.05) is 0 Å². The van der Waals surface area contributed by atoms with Gasteiger partial charge in [0.15, 0.2) is 0 Å². The van der Waals surface area contributed by atoms with Crippen LogP contribution in [0.2, 0.25) is 0 Å². The van der Waals surface area contributed by atoms with Gasteiger partial charge < -0.3 is 0 Å². The van der Waals surface area contributed by atoms with E-state index in [1.54, 1.807) is 19.3 Å². The molecule has 1 heteroatoms. The first kappa shape index (κ1) is 20.1. The third kappa shape index (κ3) is 1.76. The topological polar surface area (TPSA) is 17.1 Å². The molecule has 0 aromatic heterocycles. The summed E-state index contributed by atoms with van der Waals surface area (Å²) in [4.78, 5) is 12.7. The summed E-state index contributed by atoms with van der Waals surface area (Å²) >= 11 is 0. The second-order valence-electron chi connectivity index (χ2n) is 15.8. The summed E-state index contributed by atoms with van der Waals surface area (Å²) in [6, 6.07) is 0. The van der Waals surface area contributed by atoms with Crippen LogP contribution in [0.4, 0.5) is 0 Å². The third-order valence-electron chi connectivity index (χ3n) is 15.1. The van der Waals surface area contributed by atoms with Crippen molar-refractivity contribution in [2.45, 2.75) is 125 Å². The molecule has 7 saturated carbocycles. The molecule has 7 aliphatic carbocycles. The van der Waals surface area contributed by atoms with Crippen LogP contribution in [0.15, 0.2) is 0 Å². The van der Waals surface area contributed by atoms with Gasteiger partial charge in [-0.2, -0.15) is 0 Å². The van der Waals surface area contributed by atoms with Crippen LogP contribution in [-0.2, 0) is 4.79 Å². The zero-order valence-electron chi connectivity index (χ0n) is 21.3. The lowest BCUT2D eigenvalue weighted by Crippen LogP contribution is -2.61. The number of fused-ring (bicyclic) bond motifs is 2. The molecule has 0 unspecified atom stereocenters. The molecular weight excluding hydrogens is 376 g/mol. The van der Waals surface area contributed by atoms with Gasteiger partial charge in [0.05, 0.1) is 0 Å². The highest BCUT2D eigenvalue weighted by molar-refractivity contribution is 5.82. The fourth-order valence-electron chi connectivity index (χ4n) is 13.2. The van der Waals surface area contributed by atoms with Gasteiger partial charge in [0.2, 0.25) is 0 Å². The number of rotatable bonds is 0. The first-order chi connectivity index (χ1) is 14.4. The smallest absolute Gasteiger partial charge is 0.136 e. The fourth-order valence-corrected chi connectivity index (χ4v) is 13.2. The molecule has 0 bridgehead atoms. The average Bonchev–Trinajstić information content (AvgIpc) is 3.57. The predicted octanol–water partition coefficient (Wildman–Crippen LogP) is 7.97. The average molecular weight is 423 g/mol. The van der Waals surface area contributed by atoms with Crippen molar-refractivity contribution in [3.8, 4) is 0 Å². The summed E-state index contributed by atoms with van der Waals surface area (Å²) in [6.45, 7) is 15.4. The molecule has 1 nitrogen and oxygen atoms in total. The van der Waals surface area contributed by atoms with Crippen LogP contribution >= 0.6 is 0 Å². The molecule has 0 amide bonds. The first-order valence-electron chi connectivity index (χ1n) is 13.9. The number of Topliss-reactive ketones (excluding diaryl/α,β-unsaturated/α-hetero) is 1. The lowest BCUT2D eigenvalue weighted by atomic mass is 9.37. The van der Waals surface area contributed by atoms with E-state index in [1.165, 1.54) is 57.8 Å². The van der Waals surface area contributed by atoms with Crippen molar-refractivity contribution in [1.29, 1.82) is 0 Å². The van der Waals surface area contributed by atoms with Crippen LogP contribution < -0.4 is 0 Å². The Kier molecular flexibility index (Phi) is 3.25. The van der Waals surface area contributed by atoms with E-state index in [-0.39, 0.29) is 11.3 Å². The number of hydrogen-bond donors (Lipinski definition) is 0. The van der Waals surface area contributed by atoms with Gasteiger partial charge >= 0.3 is 0 Å². The Hall–Kier alpha value is -0.330. The molecule has 172 valence electrons. The van der Waals surface area contributed by atoms with Crippen molar-refractivity contribution >= 4 is 5.78 Å². The summed E-state index contributed by atoms with van der Waals surface area (Å²) in [6.07, 6.45) is 18.4. The standard InChI is InChI=1S/C30H46O/c1-20-21(31)7-8-22-25(20,5)12-15-27-18-28(27)14-11-24(4)10-9-23(2,3)17-30(24)19-29(28,30)16-13-26(22,27)6/h20,22H,7-19H2,1-6H3/t20-,22-,24+,25+,26-,27+,28-,29-,30-/m0/s1. The SMILES string of the molecule is C[C@H]1C(=O)CC[C@H]2[C@]1(C)CC[C@]13C[C@@]14CC[C@@]1(C)CCC(C)(C)C[C@]15C[C@]54CC[C@@]23C. The Balaban J connectivity index is 1.32. The molecule has 31 heavy (non-hydrogen) atoms. The van der Waals surface area contributed by atoms with E-state index in [0.717, 1.165) is 12.3 Å². The highest BCUT2D eigenvalue weighted by atomic mass is 16.1. The number of ketones is 1. The van der Waals surface area contributed by atoms with Gasteiger partial charge in [-0.1, -0.05) is 41.5 Å². The van der Waals surface area contributed by atoms with E-state index in [2.05, 4.69) is 41.5 Å². The molecule has 7 fully saturated rings. The highest BCUT2D eigenvalue weighted by Gasteiger charge is 2.95. The summed E-state index contributed by atoms with van der Waals surface area (Å²) in [5, 5.41) is 0. The van der Waals surface area contributed by atoms with Crippen LogP contribution in [-0.4, -0.2) is 5.78 Å². The largest absolute Gasteiger partial charge is 0.299 e. The summed E-state index contributed by atoms with van der Waals surface area (Å²) in [5.74, 6) is 1.63. The molecule has 0 aromatic carbocycles. The number of hydrogen-bond acceptors (Lipinski definition) is 1. The van der Waals surface area contributed by atoms with Crippen molar-refractivity contribution in [3.63, 3.8) is 0 Å². The van der Waals surface area contributed by atoms with Gasteiger partial charge in [0, 0.05) is 12.3 Å². The maximum atomic E-state index is 12.7. The fraction of sp³-hybridized carbons (Fsp3) is 0.967. The Morgan fingerprint density at radius 2 is 1.29 bits per heavy atom. The van der Waals surface area contributed by atoms with Crippen molar-refractivity contribution < 1.29 is 4.79 Å². The number of carbonyl (C=O) groups is 1. The van der Waals surface area contributed by atoms with Crippen molar-refractivity contribution in [2.24, 2.45) is 55.2 Å². The lowest BCUT2D eigenvalue weighted by molar-refractivity contribution is -0.188. The monoisotopic (exact) mass is 422 g/mol. The second kappa shape index (κ2) is 5.02. The van der Waals surface area contributed by atoms with Gasteiger partial charge in [-0.15, -0.1) is 0 Å². The second-order valence-corrected chi connectivity index (χ2v) is 15.8. The Bertz CT molecular complexity index is 902. The van der Waals surface area contributed by atoms with Crippen LogP contribution in [0.5, 0.6) is 0 Å². The quantitative estimate of drug-likeness (QED) is 0.387. The molecule has 0 aliphatic heterocycles. The Labute approximate surface area is 190 Å². The summed E-state index contributed by atoms with van der Waals surface area (Å²) in [5.41, 5.74) is 4.58. The number of carbonyl (C=O) groups excluding carboxylic acids is 1. The van der Waals surface area contributed by atoms with Crippen molar-refractivity contribution in [1.82, 2.24) is 0 Å². The molecule has 0 saturated heterocycles. The predicted molar refractivity (Wildman–Crippen MR) is 126 cm³/mol. The summed E-state index contributed by atoms with van der Waals surface area (Å²) in [7, 11) is 0. The summed E-state index contributed by atoms with van der Waals surface area (Å²) < 4.78 is 0. The van der Waals surface area contributed by atoms with E-state index >= 15 is 0 Å². The zero-order chi connectivity index (χ0) is 21.9. The Morgan fingerprint density at radius 3 is 2.06 bits per heavy atom. The van der Waals surface area contributed by atoms with Gasteiger partial charge in [-0.25, -0.2) is 0 Å². The normalized spacial score (nSPS) is 65.3. The highest BCUT2D eigenvalue weighted by Crippen LogP contribution is 3.02. The third-order valence-corrected chi connectivity index (χ3v) is 15.1. The molecular formula is C30H46O. The van der Waals surface area contributed by atoms with Crippen LogP contribution in [0.3, 0.4) is 0 Å². The van der Waals surface area contributed by atoms with E-state index in [9.17, 15) is 4.79 Å². The van der Waals surface area contributed by atoms with E-state index in [0.29, 0.717) is 43.7 Å². The van der Waals surface area contributed by atoms with Crippen molar-refractivity contribution in [3.05, 3.63) is 0 Å². The van der Waals surface area contributed by atoms with Gasteiger partial charge in [0.1, 0.15) is 5.78 Å². The molecule has 7 rings (SSSR count). The minimum absolute atomic E-state index is 0.265. The van der Waals surface area contributed by atoms with Gasteiger partial charge in [-0.3, -0.25) is 4.79 Å². The first-order valence-corrected chi connectivity index (χ1v) is 13.9. The van der Waals surface area contributed by atoms with E-state index in [4.69, 9.17) is 0 Å². The van der Waals surface area contributed by atoms with E-state index < -0.39 is 0 Å². The maximum absolute atomic E-state index is 12.7. The van der Waals surface area contributed by atoms with Crippen LogP contribution in [0.1, 0.15) is 125 Å². The maximum Gasteiger partial charge on any atom is 0.136 e. The molecule has 7 aliphatic rings. The lowest BCUT2D eigenvalue weighted by Gasteiger charge is -2.67. The molecule has 4 spiro atoms. The zero-order valence-corrected chi connectivity index (χ0v) is 21.3. The van der Waals surface area contributed by atoms with Gasteiger partial charge in [-0.05, 0) is 126 Å². The van der Waals surface area contributed by atoms with Gasteiger partial charge in [0.25, 0.3) is 0 Å². The Morgan fingerprint density at radius 1 is 0.677 bits per heavy atom. The minimum atomic E-state index is 0.265. The van der Waals surface area contributed by atoms with Crippen LogP contribution in [0, 0.1) is 55.2 Å².